The van der Waals surface area contributed by atoms with Crippen molar-refractivity contribution in [2.75, 3.05) is 24.5 Å². The molecule has 2 aromatic heterocycles. The lowest BCUT2D eigenvalue weighted by molar-refractivity contribution is -0.117. The molecule has 2 saturated heterocycles. The van der Waals surface area contributed by atoms with Gasteiger partial charge in [-0.15, -0.1) is 0 Å². The molecular formula is C17H18N4O3. The zero-order chi connectivity index (χ0) is 16.7. The molecule has 2 amide bonds. The van der Waals surface area contributed by atoms with Crippen LogP contribution in [-0.2, 0) is 4.79 Å². The predicted molar refractivity (Wildman–Crippen MR) is 85.4 cm³/mol. The first-order valence-corrected chi connectivity index (χ1v) is 7.97. The van der Waals surface area contributed by atoms with E-state index in [2.05, 4.69) is 9.97 Å². The van der Waals surface area contributed by atoms with Crippen molar-refractivity contribution in [1.29, 1.82) is 0 Å². The van der Waals surface area contributed by atoms with E-state index in [1.54, 1.807) is 34.3 Å². The van der Waals surface area contributed by atoms with E-state index in [0.717, 1.165) is 12.2 Å². The number of rotatable bonds is 2. The Labute approximate surface area is 139 Å². The Morgan fingerprint density at radius 1 is 1.25 bits per heavy atom. The molecule has 0 radical (unpaired) electrons. The molecule has 2 fully saturated rings. The van der Waals surface area contributed by atoms with Crippen LogP contribution in [0.3, 0.4) is 0 Å². The van der Waals surface area contributed by atoms with Crippen LogP contribution in [0.25, 0.3) is 0 Å². The van der Waals surface area contributed by atoms with E-state index in [4.69, 9.17) is 4.42 Å². The molecule has 1 spiro atoms. The summed E-state index contributed by atoms with van der Waals surface area (Å²) in [5.74, 6) is 1.04. The maximum atomic E-state index is 12.5. The lowest BCUT2D eigenvalue weighted by Crippen LogP contribution is -2.34. The molecule has 0 N–H and O–H groups in total. The number of carbonyl (C=O) groups is 2. The Morgan fingerprint density at radius 3 is 2.75 bits per heavy atom. The van der Waals surface area contributed by atoms with Crippen molar-refractivity contribution in [2.24, 2.45) is 5.41 Å². The Bertz CT molecular complexity index is 788. The molecule has 2 aromatic rings. The van der Waals surface area contributed by atoms with Gasteiger partial charge in [-0.3, -0.25) is 9.59 Å². The minimum Gasteiger partial charge on any atom is -0.456 e. The SMILES string of the molecule is Cc1ccc(C(=O)N2CC[C@@]3(CC(=O)N(c4cncnc4)C3)C2)o1. The minimum absolute atomic E-state index is 0.0629. The van der Waals surface area contributed by atoms with Crippen LogP contribution < -0.4 is 4.90 Å². The van der Waals surface area contributed by atoms with E-state index in [-0.39, 0.29) is 17.2 Å². The molecule has 2 aliphatic heterocycles. The van der Waals surface area contributed by atoms with Gasteiger partial charge in [-0.25, -0.2) is 9.97 Å². The van der Waals surface area contributed by atoms with Crippen LogP contribution in [0.15, 0.2) is 35.3 Å². The number of aromatic nitrogens is 2. The highest BCUT2D eigenvalue weighted by Crippen LogP contribution is 2.41. The topological polar surface area (TPSA) is 79.5 Å². The van der Waals surface area contributed by atoms with Crippen molar-refractivity contribution in [2.45, 2.75) is 19.8 Å². The van der Waals surface area contributed by atoms with E-state index in [1.165, 1.54) is 6.33 Å². The number of nitrogens with zero attached hydrogens (tertiary/aromatic N) is 4. The molecular weight excluding hydrogens is 308 g/mol. The lowest BCUT2D eigenvalue weighted by atomic mass is 9.86. The monoisotopic (exact) mass is 326 g/mol. The number of amides is 2. The average molecular weight is 326 g/mol. The fraction of sp³-hybridized carbons (Fsp3) is 0.412. The van der Waals surface area contributed by atoms with Crippen LogP contribution in [0.1, 0.15) is 29.2 Å². The smallest absolute Gasteiger partial charge is 0.289 e. The molecule has 0 unspecified atom stereocenters. The van der Waals surface area contributed by atoms with Crippen LogP contribution >= 0.6 is 0 Å². The number of anilines is 1. The van der Waals surface area contributed by atoms with Gasteiger partial charge in [0.1, 0.15) is 12.1 Å². The van der Waals surface area contributed by atoms with Crippen LogP contribution in [0, 0.1) is 12.3 Å². The second kappa shape index (κ2) is 5.43. The largest absolute Gasteiger partial charge is 0.456 e. The number of aryl methyl sites for hydroxylation is 1. The van der Waals surface area contributed by atoms with Gasteiger partial charge in [0, 0.05) is 31.5 Å². The van der Waals surface area contributed by atoms with E-state index >= 15 is 0 Å². The van der Waals surface area contributed by atoms with Crippen molar-refractivity contribution in [1.82, 2.24) is 14.9 Å². The molecule has 0 aromatic carbocycles. The third-order valence-electron chi connectivity index (χ3n) is 4.86. The molecule has 7 nitrogen and oxygen atoms in total. The normalized spacial score (nSPS) is 23.5. The summed E-state index contributed by atoms with van der Waals surface area (Å²) in [6, 6.07) is 3.49. The Hall–Kier alpha value is -2.70. The first kappa shape index (κ1) is 14.9. The molecule has 0 bridgehead atoms. The Kier molecular flexibility index (Phi) is 3.37. The highest BCUT2D eigenvalue weighted by atomic mass is 16.3. The van der Waals surface area contributed by atoms with E-state index < -0.39 is 0 Å². The van der Waals surface area contributed by atoms with Gasteiger partial charge in [0.2, 0.25) is 5.91 Å². The molecule has 7 heteroatoms. The fourth-order valence-electron chi connectivity index (χ4n) is 3.65. The van der Waals surface area contributed by atoms with Crippen LogP contribution in [0.4, 0.5) is 5.69 Å². The van der Waals surface area contributed by atoms with Crippen LogP contribution in [0.2, 0.25) is 0 Å². The first-order valence-electron chi connectivity index (χ1n) is 7.97. The van der Waals surface area contributed by atoms with Crippen molar-refractivity contribution in [3.8, 4) is 0 Å². The number of hydrogen-bond donors (Lipinski definition) is 0. The molecule has 0 saturated carbocycles. The predicted octanol–water partition coefficient (Wildman–Crippen LogP) is 1.65. The lowest BCUT2D eigenvalue weighted by Gasteiger charge is -2.23. The summed E-state index contributed by atoms with van der Waals surface area (Å²) in [4.78, 5) is 36.5. The summed E-state index contributed by atoms with van der Waals surface area (Å²) in [6.07, 6.45) is 6.00. The summed E-state index contributed by atoms with van der Waals surface area (Å²) in [7, 11) is 0. The van der Waals surface area contributed by atoms with Crippen LogP contribution in [0.5, 0.6) is 0 Å². The van der Waals surface area contributed by atoms with E-state index in [1.807, 2.05) is 6.92 Å². The van der Waals surface area contributed by atoms with Gasteiger partial charge in [-0.05, 0) is 25.5 Å². The highest BCUT2D eigenvalue weighted by molar-refractivity contribution is 5.96. The number of hydrogen-bond acceptors (Lipinski definition) is 5. The van der Waals surface area contributed by atoms with Gasteiger partial charge in [0.25, 0.3) is 5.91 Å². The van der Waals surface area contributed by atoms with Crippen molar-refractivity contribution in [3.63, 3.8) is 0 Å². The minimum atomic E-state index is -0.190. The third kappa shape index (κ3) is 2.46. The molecule has 24 heavy (non-hydrogen) atoms. The fourth-order valence-corrected chi connectivity index (χ4v) is 3.65. The maximum Gasteiger partial charge on any atom is 0.289 e. The second-order valence-corrected chi connectivity index (χ2v) is 6.64. The summed E-state index contributed by atoms with van der Waals surface area (Å²) >= 11 is 0. The average Bonchev–Trinajstić information content (AvgIpc) is 3.28. The van der Waals surface area contributed by atoms with E-state index in [0.29, 0.717) is 37.5 Å². The van der Waals surface area contributed by atoms with Crippen molar-refractivity contribution in [3.05, 3.63) is 42.4 Å². The summed E-state index contributed by atoms with van der Waals surface area (Å²) in [6.45, 7) is 3.63. The number of carbonyl (C=O) groups excluding carboxylic acids is 2. The number of furan rings is 1. The van der Waals surface area contributed by atoms with Gasteiger partial charge in [-0.1, -0.05) is 0 Å². The third-order valence-corrected chi connectivity index (χ3v) is 4.86. The maximum absolute atomic E-state index is 12.5. The Balaban J connectivity index is 1.50. The van der Waals surface area contributed by atoms with Crippen molar-refractivity contribution < 1.29 is 14.0 Å². The zero-order valence-electron chi connectivity index (χ0n) is 13.4. The number of likely N-dealkylation sites (tertiary alicyclic amines) is 1. The van der Waals surface area contributed by atoms with E-state index in [9.17, 15) is 9.59 Å². The van der Waals surface area contributed by atoms with Gasteiger partial charge < -0.3 is 14.2 Å². The molecule has 0 aliphatic carbocycles. The van der Waals surface area contributed by atoms with Gasteiger partial charge >= 0.3 is 0 Å². The quantitative estimate of drug-likeness (QED) is 0.838. The summed E-state index contributed by atoms with van der Waals surface area (Å²) in [5.41, 5.74) is 0.523. The second-order valence-electron chi connectivity index (χ2n) is 6.64. The zero-order valence-corrected chi connectivity index (χ0v) is 13.4. The molecule has 4 heterocycles. The van der Waals surface area contributed by atoms with Gasteiger partial charge in [-0.2, -0.15) is 0 Å². The van der Waals surface area contributed by atoms with Gasteiger partial charge in [0.05, 0.1) is 18.1 Å². The summed E-state index contributed by atoms with van der Waals surface area (Å²) < 4.78 is 5.44. The molecule has 2 aliphatic rings. The van der Waals surface area contributed by atoms with Crippen LogP contribution in [-0.4, -0.2) is 46.3 Å². The molecule has 1 atom stereocenters. The Morgan fingerprint density at radius 2 is 2.04 bits per heavy atom. The highest BCUT2D eigenvalue weighted by Gasteiger charge is 2.49. The van der Waals surface area contributed by atoms with Gasteiger partial charge in [0.15, 0.2) is 5.76 Å². The summed E-state index contributed by atoms with van der Waals surface area (Å²) in [5, 5.41) is 0. The standard InChI is InChI=1S/C17H18N4O3/c1-12-2-3-14(24-12)16(23)20-5-4-17(9-20)6-15(22)21(10-17)13-7-18-11-19-8-13/h2-3,7-8,11H,4-6,9-10H2,1H3/t17-/m1/s1. The van der Waals surface area contributed by atoms with Crippen molar-refractivity contribution >= 4 is 17.5 Å². The molecule has 4 rings (SSSR count). The first-order chi connectivity index (χ1) is 11.6. The molecule has 124 valence electrons.